The van der Waals surface area contributed by atoms with Gasteiger partial charge in [0.05, 0.1) is 5.92 Å². The van der Waals surface area contributed by atoms with E-state index in [0.717, 1.165) is 22.4 Å². The molecule has 6 rings (SSSR count). The highest BCUT2D eigenvalue weighted by atomic mass is 35.5. The van der Waals surface area contributed by atoms with Crippen molar-refractivity contribution in [1.82, 2.24) is 9.80 Å². The number of fused-ring (bicyclic) bond motifs is 2. The average molecular weight is 731 g/mol. The number of rotatable bonds is 6. The van der Waals surface area contributed by atoms with Crippen molar-refractivity contribution in [2.45, 2.75) is 82.8 Å². The molecule has 3 aliphatic heterocycles. The van der Waals surface area contributed by atoms with Gasteiger partial charge in [-0.05, 0) is 106 Å². The van der Waals surface area contributed by atoms with E-state index in [-0.39, 0.29) is 41.2 Å². The van der Waals surface area contributed by atoms with Crippen molar-refractivity contribution >= 4 is 46.8 Å². The third-order valence-corrected chi connectivity index (χ3v) is 11.0. The van der Waals surface area contributed by atoms with Crippen LogP contribution in [0, 0.1) is 17.8 Å². The number of anilines is 1. The standard InChI is InChI=1S/C41H45Cl2N3O5/c1-5-8-29(28-12-15-32(47)16-13-28)23-37(48)44-19-17-41(18-20-44)26-46(35-10-7-6-9-33(35)41)38(49)36-22-27(21-30-11-14-31(42)24-34(30)43)25-45(36)39(50)51-40(2,3)4/h6-7,9-16,24,27,29,36,47H,17-23,25-26H2,1-4H3/t27-,29+,36+/m0/s1. The molecule has 8 nitrogen and oxygen atoms in total. The van der Waals surface area contributed by atoms with Crippen LogP contribution in [0.5, 0.6) is 5.75 Å². The molecule has 268 valence electrons. The second-order valence-electron chi connectivity index (χ2n) is 15.0. The summed E-state index contributed by atoms with van der Waals surface area (Å²) in [5, 5.41) is 10.9. The van der Waals surface area contributed by atoms with Crippen LogP contribution in [0.1, 0.15) is 76.0 Å². The Balaban J connectivity index is 1.19. The van der Waals surface area contributed by atoms with Gasteiger partial charge in [-0.1, -0.05) is 65.5 Å². The highest BCUT2D eigenvalue weighted by molar-refractivity contribution is 6.35. The van der Waals surface area contributed by atoms with Gasteiger partial charge in [-0.25, -0.2) is 4.79 Å². The van der Waals surface area contributed by atoms with Crippen LogP contribution in [0.3, 0.4) is 0 Å². The van der Waals surface area contributed by atoms with Gasteiger partial charge in [0.25, 0.3) is 0 Å². The summed E-state index contributed by atoms with van der Waals surface area (Å²) in [4.78, 5) is 47.2. The van der Waals surface area contributed by atoms with Gasteiger partial charge in [0.2, 0.25) is 11.8 Å². The molecule has 0 radical (unpaired) electrons. The Morgan fingerprint density at radius 1 is 1.02 bits per heavy atom. The molecule has 10 heteroatoms. The summed E-state index contributed by atoms with van der Waals surface area (Å²) in [6.07, 6.45) is 2.25. The second-order valence-corrected chi connectivity index (χ2v) is 15.9. The fourth-order valence-corrected chi connectivity index (χ4v) is 8.37. The third-order valence-electron chi connectivity index (χ3n) is 10.4. The van der Waals surface area contributed by atoms with Gasteiger partial charge in [-0.3, -0.25) is 14.5 Å². The first kappa shape index (κ1) is 36.6. The molecule has 3 atom stereocenters. The van der Waals surface area contributed by atoms with Crippen molar-refractivity contribution in [3.8, 4) is 17.6 Å². The van der Waals surface area contributed by atoms with Crippen LogP contribution in [-0.2, 0) is 26.2 Å². The number of carbonyl (C=O) groups excluding carboxylic acids is 3. The van der Waals surface area contributed by atoms with E-state index < -0.39 is 17.7 Å². The summed E-state index contributed by atoms with van der Waals surface area (Å²) in [7, 11) is 0. The van der Waals surface area contributed by atoms with Crippen LogP contribution in [0.2, 0.25) is 10.0 Å². The summed E-state index contributed by atoms with van der Waals surface area (Å²) in [5.74, 6) is 5.94. The first-order valence-electron chi connectivity index (χ1n) is 17.6. The number of aromatic hydroxyl groups is 1. The third kappa shape index (κ3) is 8.00. The Labute approximate surface area is 310 Å². The zero-order chi connectivity index (χ0) is 36.5. The molecule has 1 N–H and O–H groups in total. The quantitative estimate of drug-likeness (QED) is 0.260. The minimum atomic E-state index is -0.717. The van der Waals surface area contributed by atoms with E-state index in [2.05, 4.69) is 17.9 Å². The lowest BCUT2D eigenvalue weighted by Crippen LogP contribution is -2.51. The van der Waals surface area contributed by atoms with Crippen LogP contribution in [0.4, 0.5) is 10.5 Å². The molecule has 3 heterocycles. The number of phenolic OH excluding ortho intramolecular Hbond substituents is 1. The number of hydrogen-bond donors (Lipinski definition) is 1. The summed E-state index contributed by atoms with van der Waals surface area (Å²) in [5.41, 5.74) is 2.76. The zero-order valence-corrected chi connectivity index (χ0v) is 31.1. The fourth-order valence-electron chi connectivity index (χ4n) is 7.88. The average Bonchev–Trinajstić information content (AvgIpc) is 3.65. The molecule has 3 aromatic rings. The van der Waals surface area contributed by atoms with Gasteiger partial charge in [-0.2, -0.15) is 0 Å². The molecule has 0 saturated carbocycles. The minimum absolute atomic E-state index is 0.00555. The fraction of sp³-hybridized carbons (Fsp3) is 0.439. The largest absolute Gasteiger partial charge is 0.508 e. The Morgan fingerprint density at radius 3 is 2.39 bits per heavy atom. The normalized spacial score (nSPS) is 20.1. The highest BCUT2D eigenvalue weighted by Gasteiger charge is 2.50. The predicted molar refractivity (Wildman–Crippen MR) is 200 cm³/mol. The van der Waals surface area contributed by atoms with Crippen LogP contribution in [0.25, 0.3) is 0 Å². The number of ether oxygens (including phenoxy) is 1. The van der Waals surface area contributed by atoms with Gasteiger partial charge in [0.1, 0.15) is 17.4 Å². The Morgan fingerprint density at radius 2 is 1.73 bits per heavy atom. The number of piperidine rings is 1. The predicted octanol–water partition coefficient (Wildman–Crippen LogP) is 7.97. The zero-order valence-electron chi connectivity index (χ0n) is 29.6. The van der Waals surface area contributed by atoms with Crippen molar-refractivity contribution in [3.05, 3.63) is 93.5 Å². The maximum atomic E-state index is 14.7. The molecule has 0 aliphatic carbocycles. The van der Waals surface area contributed by atoms with E-state index in [1.807, 2.05) is 67.0 Å². The van der Waals surface area contributed by atoms with Crippen LogP contribution >= 0.6 is 23.2 Å². The SMILES string of the molecule is CC#C[C@H](CC(=O)N1CCC2(CC1)CN(C(=O)[C@H]1C[C@H](Cc3ccc(Cl)cc3Cl)CN1C(=O)OC(C)(C)C)c1ccccc12)c1ccc(O)cc1. The Hall–Kier alpha value is -4.19. The topological polar surface area (TPSA) is 90.4 Å². The lowest BCUT2D eigenvalue weighted by atomic mass is 9.74. The van der Waals surface area contributed by atoms with E-state index in [0.29, 0.717) is 61.9 Å². The lowest BCUT2D eigenvalue weighted by molar-refractivity contribution is -0.133. The molecule has 0 unspecified atom stereocenters. The molecule has 2 saturated heterocycles. The number of amides is 3. The van der Waals surface area contributed by atoms with E-state index in [4.69, 9.17) is 27.9 Å². The van der Waals surface area contributed by atoms with Gasteiger partial charge in [-0.15, -0.1) is 5.92 Å². The monoisotopic (exact) mass is 729 g/mol. The summed E-state index contributed by atoms with van der Waals surface area (Å²) < 4.78 is 5.81. The van der Waals surface area contributed by atoms with Crippen molar-refractivity contribution in [3.63, 3.8) is 0 Å². The maximum Gasteiger partial charge on any atom is 0.410 e. The molecule has 3 aliphatic rings. The number of halogens is 2. The van der Waals surface area contributed by atoms with Crippen molar-refractivity contribution in [2.75, 3.05) is 31.1 Å². The van der Waals surface area contributed by atoms with Crippen LogP contribution in [0.15, 0.2) is 66.7 Å². The summed E-state index contributed by atoms with van der Waals surface area (Å²) in [6, 6.07) is 19.6. The smallest absolute Gasteiger partial charge is 0.410 e. The number of phenols is 1. The molecular weight excluding hydrogens is 685 g/mol. The molecule has 3 aromatic carbocycles. The summed E-state index contributed by atoms with van der Waals surface area (Å²) in [6.45, 7) is 9.22. The molecule has 1 spiro atoms. The molecular formula is C41H45Cl2N3O5. The van der Waals surface area contributed by atoms with Gasteiger partial charge >= 0.3 is 6.09 Å². The van der Waals surface area contributed by atoms with E-state index in [1.54, 1.807) is 36.1 Å². The lowest BCUT2D eigenvalue weighted by Gasteiger charge is -2.40. The van der Waals surface area contributed by atoms with Crippen LogP contribution in [-0.4, -0.2) is 70.6 Å². The minimum Gasteiger partial charge on any atom is -0.508 e. The number of hydrogen-bond acceptors (Lipinski definition) is 5. The van der Waals surface area contributed by atoms with Crippen molar-refractivity contribution in [1.29, 1.82) is 0 Å². The van der Waals surface area contributed by atoms with Crippen molar-refractivity contribution in [2.24, 2.45) is 5.92 Å². The van der Waals surface area contributed by atoms with E-state index >= 15 is 0 Å². The Bertz CT molecular complexity index is 1850. The number of para-hydroxylation sites is 1. The number of benzene rings is 3. The number of nitrogens with zero attached hydrogens (tertiary/aromatic N) is 3. The first-order valence-corrected chi connectivity index (χ1v) is 18.4. The highest BCUT2D eigenvalue weighted by Crippen LogP contribution is 2.48. The van der Waals surface area contributed by atoms with Gasteiger partial charge < -0.3 is 19.6 Å². The molecule has 2 fully saturated rings. The van der Waals surface area contributed by atoms with Gasteiger partial charge in [0, 0.05) is 53.7 Å². The molecule has 51 heavy (non-hydrogen) atoms. The Kier molecular flexibility index (Phi) is 10.6. The first-order chi connectivity index (χ1) is 24.3. The second kappa shape index (κ2) is 14.8. The van der Waals surface area contributed by atoms with Crippen molar-refractivity contribution < 1.29 is 24.2 Å². The van der Waals surface area contributed by atoms with E-state index in [1.165, 1.54) is 0 Å². The van der Waals surface area contributed by atoms with Gasteiger partial charge in [0.15, 0.2) is 0 Å². The van der Waals surface area contributed by atoms with E-state index in [9.17, 15) is 19.5 Å². The molecule has 3 amide bonds. The summed E-state index contributed by atoms with van der Waals surface area (Å²) >= 11 is 12.7. The van der Waals surface area contributed by atoms with Crippen LogP contribution < -0.4 is 4.90 Å². The number of carbonyl (C=O) groups is 3. The number of likely N-dealkylation sites (tertiary alicyclic amines) is 2. The molecule has 0 aromatic heterocycles. The molecule has 0 bridgehead atoms. The maximum absolute atomic E-state index is 14.7.